The van der Waals surface area contributed by atoms with Gasteiger partial charge in [0, 0.05) is 31.2 Å². The first-order valence-corrected chi connectivity index (χ1v) is 12.0. The first kappa shape index (κ1) is 33.0. The average Bonchev–Trinajstić information content (AvgIpc) is 3.56. The highest BCUT2D eigenvalue weighted by molar-refractivity contribution is 6.04. The zero-order valence-electron chi connectivity index (χ0n) is 21.4. The van der Waals surface area contributed by atoms with Crippen LogP contribution in [0.1, 0.15) is 28.8 Å². The van der Waals surface area contributed by atoms with E-state index in [0.717, 1.165) is 30.7 Å². The number of benzene rings is 2. The monoisotopic (exact) mass is 591 g/mol. The summed E-state index contributed by atoms with van der Waals surface area (Å²) in [6.45, 7) is 5.49. The van der Waals surface area contributed by atoms with Crippen LogP contribution in [-0.2, 0) is 16.1 Å². The molecule has 0 aliphatic carbocycles. The van der Waals surface area contributed by atoms with E-state index >= 15 is 0 Å². The molecule has 16 heteroatoms. The lowest BCUT2D eigenvalue weighted by Crippen LogP contribution is -2.29. The molecule has 1 fully saturated rings. The van der Waals surface area contributed by atoms with Crippen molar-refractivity contribution in [3.63, 3.8) is 0 Å². The molecule has 2 heterocycles. The van der Waals surface area contributed by atoms with E-state index in [1.54, 1.807) is 10.7 Å². The molecule has 2 aromatic carbocycles. The number of halogens is 6. The normalized spacial score (nSPS) is 13.6. The second-order valence-corrected chi connectivity index (χ2v) is 8.68. The highest BCUT2D eigenvalue weighted by Gasteiger charge is 2.38. The molecule has 1 aliphatic rings. The fraction of sp³-hybridized carbons (Fsp3) is 0.360. The van der Waals surface area contributed by atoms with Gasteiger partial charge >= 0.3 is 24.3 Å². The highest BCUT2D eigenvalue weighted by atomic mass is 19.4. The predicted molar refractivity (Wildman–Crippen MR) is 134 cm³/mol. The Bertz CT molecular complexity index is 1300. The number of hydrogen-bond donors (Lipinski definition) is 4. The van der Waals surface area contributed by atoms with Crippen molar-refractivity contribution in [3.8, 4) is 5.69 Å². The number of nitrogens with one attached hydrogen (secondary N) is 1. The van der Waals surface area contributed by atoms with Crippen molar-refractivity contribution in [2.75, 3.05) is 26.2 Å². The van der Waals surface area contributed by atoms with Gasteiger partial charge in [0.15, 0.2) is 0 Å². The molecule has 1 aromatic heterocycles. The Labute approximate surface area is 229 Å². The van der Waals surface area contributed by atoms with Crippen LogP contribution in [0.4, 0.5) is 26.3 Å². The van der Waals surface area contributed by atoms with Crippen LogP contribution in [0.3, 0.4) is 0 Å². The highest BCUT2D eigenvalue weighted by Crippen LogP contribution is 2.20. The topological polar surface area (TPSA) is 151 Å². The summed E-state index contributed by atoms with van der Waals surface area (Å²) < 4.78 is 65.3. The Morgan fingerprint density at radius 3 is 1.93 bits per heavy atom. The molecular formula is C25H27F6N5O5. The number of carboxylic acid groups (broad SMARTS) is 2. The van der Waals surface area contributed by atoms with E-state index in [9.17, 15) is 31.1 Å². The van der Waals surface area contributed by atoms with Gasteiger partial charge in [-0.1, -0.05) is 24.3 Å². The maximum atomic E-state index is 11.6. The van der Waals surface area contributed by atoms with Gasteiger partial charge < -0.3 is 26.2 Å². The second-order valence-electron chi connectivity index (χ2n) is 8.68. The molecule has 0 saturated carbocycles. The van der Waals surface area contributed by atoms with Crippen LogP contribution >= 0.6 is 0 Å². The molecule has 4 rings (SSSR count). The number of rotatable bonds is 7. The van der Waals surface area contributed by atoms with E-state index < -0.39 is 30.2 Å². The summed E-state index contributed by atoms with van der Waals surface area (Å²) in [5.74, 6) is -5.97. The number of aliphatic carboxylic acids is 2. The predicted octanol–water partition coefficient (Wildman–Crippen LogP) is 3.58. The number of likely N-dealkylation sites (tertiary alicyclic amines) is 1. The van der Waals surface area contributed by atoms with Gasteiger partial charge in [-0.25, -0.2) is 14.3 Å². The number of fused-ring (bicyclic) bond motifs is 1. The number of alkyl halides is 6. The molecule has 1 aliphatic heterocycles. The fourth-order valence-corrected chi connectivity index (χ4v) is 3.62. The van der Waals surface area contributed by atoms with Crippen LogP contribution in [0, 0.1) is 0 Å². The molecule has 224 valence electrons. The molecule has 0 spiro atoms. The van der Waals surface area contributed by atoms with Crippen LogP contribution in [-0.4, -0.2) is 81.3 Å². The van der Waals surface area contributed by atoms with Crippen molar-refractivity contribution in [2.45, 2.75) is 31.7 Å². The minimum Gasteiger partial charge on any atom is -0.475 e. The van der Waals surface area contributed by atoms with Gasteiger partial charge in [-0.3, -0.25) is 4.79 Å². The summed E-state index contributed by atoms with van der Waals surface area (Å²) in [5, 5.41) is 23.2. The standard InChI is InChI=1S/C21H25N5O.2C2HF3O2/c22-21(27)19-5-3-4-17-15-26(24-20(17)19)18-8-6-16(7-9-18)14-23-10-13-25-11-1-2-12-25;2*3-2(4,5)1(6)7/h3-9,15,23H,1-2,10-14H2,(H2,22,27);2*(H,6,7). The van der Waals surface area contributed by atoms with Crippen molar-refractivity contribution in [3.05, 3.63) is 59.8 Å². The van der Waals surface area contributed by atoms with Gasteiger partial charge in [0.1, 0.15) is 5.52 Å². The summed E-state index contributed by atoms with van der Waals surface area (Å²) in [5.41, 5.74) is 8.74. The summed E-state index contributed by atoms with van der Waals surface area (Å²) in [6.07, 6.45) is -5.57. The van der Waals surface area contributed by atoms with Gasteiger partial charge in [0.25, 0.3) is 5.91 Å². The smallest absolute Gasteiger partial charge is 0.475 e. The first-order valence-electron chi connectivity index (χ1n) is 12.0. The van der Waals surface area contributed by atoms with E-state index in [-0.39, 0.29) is 0 Å². The minimum absolute atomic E-state index is 0.449. The maximum absolute atomic E-state index is 11.6. The molecular weight excluding hydrogens is 564 g/mol. The minimum atomic E-state index is -5.08. The van der Waals surface area contributed by atoms with Crippen LogP contribution in [0.15, 0.2) is 48.7 Å². The number of carbonyl (C=O) groups is 3. The summed E-state index contributed by atoms with van der Waals surface area (Å²) in [7, 11) is 0. The molecule has 3 aromatic rings. The van der Waals surface area contributed by atoms with Gasteiger partial charge in [0.05, 0.1) is 11.3 Å². The lowest BCUT2D eigenvalue weighted by molar-refractivity contribution is -0.193. The Balaban J connectivity index is 0.000000349. The van der Waals surface area contributed by atoms with Gasteiger partial charge in [-0.15, -0.1) is 0 Å². The third-order valence-electron chi connectivity index (χ3n) is 5.62. The van der Waals surface area contributed by atoms with Crippen LogP contribution in [0.25, 0.3) is 16.6 Å². The zero-order valence-corrected chi connectivity index (χ0v) is 21.4. The second kappa shape index (κ2) is 14.5. The van der Waals surface area contributed by atoms with E-state index in [4.69, 9.17) is 25.5 Å². The number of carbonyl (C=O) groups excluding carboxylic acids is 1. The van der Waals surface area contributed by atoms with E-state index in [1.165, 1.54) is 31.5 Å². The van der Waals surface area contributed by atoms with Crippen LogP contribution < -0.4 is 11.1 Å². The van der Waals surface area contributed by atoms with Crippen LogP contribution in [0.5, 0.6) is 0 Å². The quantitative estimate of drug-likeness (QED) is 0.241. The average molecular weight is 592 g/mol. The summed E-state index contributed by atoms with van der Waals surface area (Å²) in [6, 6.07) is 13.8. The SMILES string of the molecule is NC(=O)c1cccc2cn(-c3ccc(CNCCN4CCCC4)cc3)nc12.O=C(O)C(F)(F)F.O=C(O)C(F)(F)F. The number of primary amides is 1. The number of nitrogens with zero attached hydrogens (tertiary/aromatic N) is 3. The lowest BCUT2D eigenvalue weighted by Gasteiger charge is -2.14. The molecule has 1 amide bonds. The Kier molecular flexibility index (Phi) is 11.6. The number of carboxylic acids is 2. The Morgan fingerprint density at radius 2 is 1.44 bits per heavy atom. The van der Waals surface area contributed by atoms with Crippen molar-refractivity contribution in [2.24, 2.45) is 5.73 Å². The molecule has 10 nitrogen and oxygen atoms in total. The van der Waals surface area contributed by atoms with E-state index in [2.05, 4.69) is 27.4 Å². The number of aromatic nitrogens is 2. The van der Waals surface area contributed by atoms with E-state index in [0.29, 0.717) is 11.1 Å². The van der Waals surface area contributed by atoms with Crippen molar-refractivity contribution >= 4 is 28.7 Å². The zero-order chi connectivity index (χ0) is 30.8. The molecule has 0 atom stereocenters. The summed E-state index contributed by atoms with van der Waals surface area (Å²) >= 11 is 0. The molecule has 1 saturated heterocycles. The Hall–Kier alpha value is -4.18. The molecule has 0 radical (unpaired) electrons. The van der Waals surface area contributed by atoms with Gasteiger partial charge in [-0.05, 0) is 49.7 Å². The largest absolute Gasteiger partial charge is 0.490 e. The Morgan fingerprint density at radius 1 is 0.902 bits per heavy atom. The van der Waals surface area contributed by atoms with E-state index in [1.807, 2.05) is 30.5 Å². The molecule has 0 unspecified atom stereocenters. The van der Waals surface area contributed by atoms with Crippen molar-refractivity contribution < 1.29 is 50.9 Å². The fourth-order valence-electron chi connectivity index (χ4n) is 3.62. The third kappa shape index (κ3) is 10.7. The molecule has 5 N–H and O–H groups in total. The van der Waals surface area contributed by atoms with Crippen molar-refractivity contribution in [1.82, 2.24) is 20.0 Å². The van der Waals surface area contributed by atoms with Gasteiger partial charge in [0.2, 0.25) is 0 Å². The third-order valence-corrected chi connectivity index (χ3v) is 5.62. The maximum Gasteiger partial charge on any atom is 0.490 e. The number of nitrogens with two attached hydrogens (primary N) is 1. The number of amides is 1. The lowest BCUT2D eigenvalue weighted by atomic mass is 10.1. The van der Waals surface area contributed by atoms with Crippen LogP contribution in [0.2, 0.25) is 0 Å². The molecule has 0 bridgehead atoms. The number of hydrogen-bond acceptors (Lipinski definition) is 6. The van der Waals surface area contributed by atoms with Gasteiger partial charge in [-0.2, -0.15) is 31.4 Å². The first-order chi connectivity index (χ1) is 19.1. The molecule has 41 heavy (non-hydrogen) atoms. The van der Waals surface area contributed by atoms with Crippen molar-refractivity contribution in [1.29, 1.82) is 0 Å². The summed E-state index contributed by atoms with van der Waals surface area (Å²) in [4.78, 5) is 31.9.